The molecule has 0 radical (unpaired) electrons. The van der Waals surface area contributed by atoms with Crippen LogP contribution < -0.4 is 0 Å². The highest BCUT2D eigenvalue weighted by molar-refractivity contribution is 8.38. The predicted octanol–water partition coefficient (Wildman–Crippen LogP) is 5.63. The summed E-state index contributed by atoms with van der Waals surface area (Å²) in [6.07, 6.45) is 6.86. The molecule has 1 N–H and O–H groups in total. The zero-order valence-electron chi connectivity index (χ0n) is 17.3. The molecule has 0 saturated heterocycles. The van der Waals surface area contributed by atoms with E-state index in [2.05, 4.69) is 33.8 Å². The number of hydrogen-bond acceptors (Lipinski definition) is 5. The Morgan fingerprint density at radius 3 is 2.56 bits per heavy atom. The molecular weight excluding hydrogens is 376 g/mol. The van der Waals surface area contributed by atoms with Crippen molar-refractivity contribution in [3.8, 4) is 0 Å². The lowest BCUT2D eigenvalue weighted by atomic mass is 9.69. The second-order valence-corrected chi connectivity index (χ2v) is 11.6. The van der Waals surface area contributed by atoms with Crippen LogP contribution in [0.3, 0.4) is 0 Å². The fraction of sp³-hybridized carbons (Fsp3) is 0.727. The van der Waals surface area contributed by atoms with Gasteiger partial charge in [-0.1, -0.05) is 68.4 Å². The van der Waals surface area contributed by atoms with Crippen molar-refractivity contribution < 1.29 is 14.7 Å². The fourth-order valence-electron chi connectivity index (χ4n) is 5.44. The summed E-state index contributed by atoms with van der Waals surface area (Å²) in [5.74, 6) is 0.192. The van der Waals surface area contributed by atoms with Gasteiger partial charge in [-0.2, -0.15) is 0 Å². The van der Waals surface area contributed by atoms with E-state index >= 15 is 0 Å². The highest BCUT2D eigenvalue weighted by Gasteiger charge is 2.52. The Labute approximate surface area is 171 Å². The maximum absolute atomic E-state index is 13.2. The van der Waals surface area contributed by atoms with Gasteiger partial charge in [-0.05, 0) is 56.3 Å². The lowest BCUT2D eigenvalue weighted by molar-refractivity contribution is -0.130. The Kier molecular flexibility index (Phi) is 5.80. The number of fused-ring (bicyclic) bond motifs is 2. The van der Waals surface area contributed by atoms with Crippen molar-refractivity contribution in [2.75, 3.05) is 6.26 Å². The molecule has 0 aromatic carbocycles. The minimum absolute atomic E-state index is 0.0441. The van der Waals surface area contributed by atoms with Gasteiger partial charge in [-0.25, -0.2) is 0 Å². The van der Waals surface area contributed by atoms with Crippen LogP contribution in [0.2, 0.25) is 0 Å². The summed E-state index contributed by atoms with van der Waals surface area (Å²) in [5.41, 5.74) is 3.15. The quantitative estimate of drug-likeness (QED) is 0.600. The molecule has 0 heterocycles. The van der Waals surface area contributed by atoms with E-state index in [0.717, 1.165) is 31.3 Å². The number of rotatable bonds is 2. The van der Waals surface area contributed by atoms with Gasteiger partial charge in [0.25, 0.3) is 0 Å². The van der Waals surface area contributed by atoms with E-state index in [1.165, 1.54) is 34.7 Å². The molecule has 3 rings (SSSR count). The molecular formula is C22H32O3S2. The third-order valence-corrected chi connectivity index (χ3v) is 9.20. The van der Waals surface area contributed by atoms with Gasteiger partial charge in [0.1, 0.15) is 6.10 Å². The molecule has 3 nitrogen and oxygen atoms in total. The molecule has 150 valence electrons. The average molecular weight is 409 g/mol. The number of hydrogen-bond donors (Lipinski definition) is 1. The Hall–Kier alpha value is -0.520. The number of Topliss-reactive ketones (excluding diaryl/α,β-unsaturated/α-hetero) is 1. The van der Waals surface area contributed by atoms with Gasteiger partial charge >= 0.3 is 0 Å². The smallest absolute Gasteiger partial charge is 0.246 e. The van der Waals surface area contributed by atoms with Crippen LogP contribution in [0, 0.1) is 23.2 Å². The van der Waals surface area contributed by atoms with Crippen molar-refractivity contribution in [2.45, 2.75) is 71.2 Å². The molecule has 0 aliphatic heterocycles. The highest BCUT2D eigenvalue weighted by atomic mass is 32.2. The zero-order valence-corrected chi connectivity index (χ0v) is 18.9. The van der Waals surface area contributed by atoms with Crippen LogP contribution in [0.5, 0.6) is 0 Å². The van der Waals surface area contributed by atoms with Gasteiger partial charge in [0.05, 0.1) is 0 Å². The number of aliphatic hydroxyl groups excluding tert-OH is 1. The first-order valence-corrected chi connectivity index (χ1v) is 12.0. The standard InChI is InChI=1S/C22H32O3S2/c1-12(2)14-7-9-21(4)11-16-15(13(3)18(23)19(24)17(14)21)8-10-22(16,5)27-20(25)26-6/h11-13,15,19,24H,7-10H2,1-6H3/b16-11+/t13-,15+,19-,21-,22-/m1/s1. The van der Waals surface area contributed by atoms with Gasteiger partial charge in [0.2, 0.25) is 4.45 Å². The second-order valence-electron chi connectivity index (χ2n) is 9.14. The summed E-state index contributed by atoms with van der Waals surface area (Å²) in [5, 5.41) is 11.0. The second kappa shape index (κ2) is 7.38. The lowest BCUT2D eigenvalue weighted by Crippen LogP contribution is -2.40. The van der Waals surface area contributed by atoms with Crippen LogP contribution in [0.1, 0.15) is 60.3 Å². The molecule has 3 aliphatic rings. The number of ketones is 1. The Morgan fingerprint density at radius 1 is 1.30 bits per heavy atom. The van der Waals surface area contributed by atoms with Gasteiger partial charge in [-0.3, -0.25) is 9.59 Å². The fourth-order valence-corrected chi connectivity index (χ4v) is 7.24. The zero-order chi connectivity index (χ0) is 20.1. The number of aliphatic hydroxyl groups is 1. The van der Waals surface area contributed by atoms with Gasteiger partial charge in [0.15, 0.2) is 5.78 Å². The van der Waals surface area contributed by atoms with Crippen molar-refractivity contribution >= 4 is 33.8 Å². The molecule has 27 heavy (non-hydrogen) atoms. The minimum Gasteiger partial charge on any atom is -0.381 e. The molecule has 1 fully saturated rings. The van der Waals surface area contributed by atoms with E-state index in [1.807, 2.05) is 13.2 Å². The summed E-state index contributed by atoms with van der Waals surface area (Å²) < 4.78 is -0.119. The third kappa shape index (κ3) is 3.49. The first kappa shape index (κ1) is 21.2. The summed E-state index contributed by atoms with van der Waals surface area (Å²) in [6, 6.07) is 0. The summed E-state index contributed by atoms with van der Waals surface area (Å²) >= 11 is 2.69. The number of carbonyl (C=O) groups is 2. The van der Waals surface area contributed by atoms with Crippen LogP contribution in [-0.4, -0.2) is 32.4 Å². The van der Waals surface area contributed by atoms with Crippen molar-refractivity contribution in [3.05, 3.63) is 22.8 Å². The number of thioether (sulfide) groups is 2. The largest absolute Gasteiger partial charge is 0.381 e. The average Bonchev–Trinajstić information content (AvgIpc) is 3.10. The van der Waals surface area contributed by atoms with E-state index in [4.69, 9.17) is 0 Å². The normalized spacial score (nSPS) is 41.1. The van der Waals surface area contributed by atoms with Gasteiger partial charge in [-0.15, -0.1) is 0 Å². The molecule has 0 aromatic rings. The molecule has 0 unspecified atom stereocenters. The van der Waals surface area contributed by atoms with Crippen molar-refractivity contribution in [3.63, 3.8) is 0 Å². The lowest BCUT2D eigenvalue weighted by Gasteiger charge is -2.38. The Morgan fingerprint density at radius 2 is 1.96 bits per heavy atom. The van der Waals surface area contributed by atoms with E-state index < -0.39 is 6.10 Å². The van der Waals surface area contributed by atoms with Crippen molar-refractivity contribution in [2.24, 2.45) is 23.2 Å². The van der Waals surface area contributed by atoms with Crippen LogP contribution >= 0.6 is 23.5 Å². The maximum Gasteiger partial charge on any atom is 0.246 e. The number of carbonyl (C=O) groups excluding carboxylic acids is 2. The molecule has 0 spiro atoms. The molecule has 0 amide bonds. The monoisotopic (exact) mass is 408 g/mol. The van der Waals surface area contributed by atoms with Crippen LogP contribution in [0.15, 0.2) is 22.8 Å². The first-order chi connectivity index (χ1) is 12.5. The Bertz CT molecular complexity index is 723. The molecule has 1 saturated carbocycles. The minimum atomic E-state index is -0.991. The number of allylic oxidation sites excluding steroid dienone is 2. The highest BCUT2D eigenvalue weighted by Crippen LogP contribution is 2.58. The first-order valence-electron chi connectivity index (χ1n) is 9.99. The third-order valence-electron chi connectivity index (χ3n) is 7.06. The van der Waals surface area contributed by atoms with Crippen LogP contribution in [0.4, 0.5) is 4.79 Å². The summed E-state index contributed by atoms with van der Waals surface area (Å²) in [7, 11) is 0. The molecule has 3 aliphatic carbocycles. The molecule has 0 aromatic heterocycles. The SMILES string of the molecule is CSC(=O)S[C@]1(C)CC[C@@H]2/C1=C\[C@@]1(C)CCC(C(C)C)=C1[C@@H](O)C(=O)[C@@H]2C. The van der Waals surface area contributed by atoms with Crippen LogP contribution in [0.25, 0.3) is 0 Å². The molecule has 5 heteroatoms. The Balaban J connectivity index is 2.17. The van der Waals surface area contributed by atoms with Gasteiger partial charge < -0.3 is 5.11 Å². The summed E-state index contributed by atoms with van der Waals surface area (Å²) in [6.45, 7) is 10.6. The van der Waals surface area contributed by atoms with E-state index in [0.29, 0.717) is 5.92 Å². The van der Waals surface area contributed by atoms with E-state index in [9.17, 15) is 14.7 Å². The molecule has 0 bridgehead atoms. The topological polar surface area (TPSA) is 54.4 Å². The van der Waals surface area contributed by atoms with E-state index in [1.54, 1.807) is 0 Å². The maximum atomic E-state index is 13.2. The predicted molar refractivity (Wildman–Crippen MR) is 115 cm³/mol. The molecule has 5 atom stereocenters. The van der Waals surface area contributed by atoms with Crippen molar-refractivity contribution in [1.29, 1.82) is 0 Å². The summed E-state index contributed by atoms with van der Waals surface area (Å²) in [4.78, 5) is 25.4. The van der Waals surface area contributed by atoms with E-state index in [-0.39, 0.29) is 32.2 Å². The van der Waals surface area contributed by atoms with Crippen molar-refractivity contribution in [1.82, 2.24) is 0 Å². The van der Waals surface area contributed by atoms with Gasteiger partial charge in [0, 0.05) is 16.1 Å². The van der Waals surface area contributed by atoms with Crippen LogP contribution in [-0.2, 0) is 4.79 Å².